The van der Waals surface area contributed by atoms with E-state index >= 15 is 0 Å². The van der Waals surface area contributed by atoms with Gasteiger partial charge in [0.2, 0.25) is 0 Å². The molecule has 2 aliphatic heterocycles. The summed E-state index contributed by atoms with van der Waals surface area (Å²) in [5.41, 5.74) is 10.6. The summed E-state index contributed by atoms with van der Waals surface area (Å²) in [6.45, 7) is 31.5. The molecule has 2 nitrogen and oxygen atoms in total. The molecule has 7 bridgehead atoms. The fourth-order valence-electron chi connectivity index (χ4n) is 15.2. The van der Waals surface area contributed by atoms with Crippen molar-refractivity contribution in [1.29, 1.82) is 0 Å². The number of rotatable bonds is 9. The molecular weight excluding hydrogens is 645 g/mol. The van der Waals surface area contributed by atoms with Gasteiger partial charge in [-0.25, -0.2) is 0 Å². The minimum absolute atomic E-state index is 0.272. The van der Waals surface area contributed by atoms with Gasteiger partial charge in [-0.2, -0.15) is 0 Å². The number of benzene rings is 2. The highest BCUT2D eigenvalue weighted by molar-refractivity contribution is 7.01. The third-order valence-corrected chi connectivity index (χ3v) is 22.0. The molecule has 3 heteroatoms. The quantitative estimate of drug-likeness (QED) is 0.238. The molecule has 2 aromatic rings. The van der Waals surface area contributed by atoms with E-state index in [0.717, 1.165) is 35.5 Å². The van der Waals surface area contributed by atoms with Crippen LogP contribution in [-0.2, 0) is 0 Å². The van der Waals surface area contributed by atoms with Crippen LogP contribution in [0.3, 0.4) is 0 Å². The molecule has 8 aliphatic rings. The van der Waals surface area contributed by atoms with Crippen molar-refractivity contribution in [3.05, 3.63) is 57.6 Å². The Hall–Kier alpha value is -1.42. The minimum atomic E-state index is -2.76. The highest BCUT2D eigenvalue weighted by Gasteiger charge is 2.82. The maximum atomic E-state index is 3.67. The van der Waals surface area contributed by atoms with Gasteiger partial charge >= 0.3 is 0 Å². The van der Waals surface area contributed by atoms with Crippen LogP contribution in [0.2, 0.25) is 0 Å². The predicted molar refractivity (Wildman–Crippen MR) is 224 cm³/mol. The Morgan fingerprint density at radius 3 is 1.23 bits per heavy atom. The molecule has 1 spiro atoms. The number of hydrogen-bond donors (Lipinski definition) is 0. The molecule has 4 unspecified atom stereocenters. The normalized spacial score (nSPS) is 36.0. The largest absolute Gasteiger partial charge is 0.286 e. The fraction of sp³-hybridized carbons (Fsp3) is 0.755. The van der Waals surface area contributed by atoms with E-state index < -0.39 is 8.40 Å². The molecule has 0 radical (unpaired) electrons. The standard InChI is InChI=1S/C49H74N2Si/c1-28(2)39-19-42(30(5)6)46(43(20-39)31(7)8)52(47-44(32(9)10)21-40(29(3)4)22-45(47)33(11)12)50-27-38-16-37-17-41(18-38)49(50,26-37)51(52)48-23-34-13-35(24-48)15-36(14-34)25-48/h19-22,28-38,41H,13-18,23-27H2,1-12H3. The molecular formula is C49H74N2Si. The van der Waals surface area contributed by atoms with E-state index in [4.69, 9.17) is 0 Å². The van der Waals surface area contributed by atoms with Crippen molar-refractivity contribution in [3.63, 3.8) is 0 Å². The summed E-state index contributed by atoms with van der Waals surface area (Å²) < 4.78 is 7.16. The van der Waals surface area contributed by atoms with Gasteiger partial charge in [0.05, 0.1) is 5.66 Å². The van der Waals surface area contributed by atoms with Crippen LogP contribution in [0.4, 0.5) is 0 Å². The summed E-state index contributed by atoms with van der Waals surface area (Å²) in [5.74, 6) is 8.63. The van der Waals surface area contributed by atoms with Crippen molar-refractivity contribution in [2.24, 2.45) is 35.5 Å². The SMILES string of the molecule is CC(C)c1cc(C(C)C)c([Si]2(c3c(C(C)C)cc(C(C)C)cc3C(C)C)N3CC4CC5CC(C4)C3(C5)N2C23CC4CC(CC(C4)C2)C3)c(C(C)C)c1. The minimum Gasteiger partial charge on any atom is -0.286 e. The van der Waals surface area contributed by atoms with Crippen molar-refractivity contribution in [2.75, 3.05) is 6.54 Å². The first-order chi connectivity index (χ1) is 24.6. The van der Waals surface area contributed by atoms with Gasteiger partial charge in [-0.1, -0.05) is 107 Å². The highest BCUT2D eigenvalue weighted by atomic mass is 28.4. The molecule has 0 aromatic heterocycles. The fourth-order valence-corrected chi connectivity index (χ4v) is 23.0. The average molecular weight is 719 g/mol. The second-order valence-corrected chi connectivity index (χ2v) is 25.4. The van der Waals surface area contributed by atoms with Crippen molar-refractivity contribution in [1.82, 2.24) is 9.13 Å². The van der Waals surface area contributed by atoms with Gasteiger partial charge in [-0.05, 0) is 186 Å². The Labute approximate surface area is 320 Å². The first-order valence-corrected chi connectivity index (χ1v) is 24.4. The maximum absolute atomic E-state index is 3.67. The van der Waals surface area contributed by atoms with Crippen LogP contribution in [0.1, 0.15) is 216 Å². The van der Waals surface area contributed by atoms with Crippen LogP contribution < -0.4 is 10.4 Å². The summed E-state index contributed by atoms with van der Waals surface area (Å²) >= 11 is 0. The van der Waals surface area contributed by atoms with Crippen LogP contribution >= 0.6 is 0 Å². The molecule has 2 heterocycles. The Kier molecular flexibility index (Phi) is 8.56. The Morgan fingerprint density at radius 2 is 0.846 bits per heavy atom. The van der Waals surface area contributed by atoms with E-state index in [-0.39, 0.29) is 5.66 Å². The summed E-state index contributed by atoms with van der Waals surface area (Å²) in [4.78, 5) is 0. The van der Waals surface area contributed by atoms with Gasteiger partial charge in [0.15, 0.2) is 0 Å². The molecule has 0 N–H and O–H groups in total. The van der Waals surface area contributed by atoms with E-state index in [1.807, 2.05) is 10.4 Å². The van der Waals surface area contributed by atoms with Crippen LogP contribution in [0, 0.1) is 35.5 Å². The van der Waals surface area contributed by atoms with Crippen molar-refractivity contribution < 1.29 is 0 Å². The van der Waals surface area contributed by atoms with Gasteiger partial charge in [0.1, 0.15) is 0 Å². The molecule has 52 heavy (non-hydrogen) atoms. The van der Waals surface area contributed by atoms with E-state index in [0.29, 0.717) is 41.0 Å². The highest BCUT2D eigenvalue weighted by Crippen LogP contribution is 2.71. The zero-order valence-electron chi connectivity index (χ0n) is 35.4. The molecule has 284 valence electrons. The third kappa shape index (κ3) is 4.85. The van der Waals surface area contributed by atoms with Crippen LogP contribution in [0.5, 0.6) is 0 Å². The van der Waals surface area contributed by atoms with Gasteiger partial charge in [-0.3, -0.25) is 9.13 Å². The number of fused-ring (bicyclic) bond motifs is 2. The smallest absolute Gasteiger partial charge is 0.277 e. The number of piperidine rings is 1. The maximum Gasteiger partial charge on any atom is 0.277 e. The Morgan fingerprint density at radius 1 is 0.481 bits per heavy atom. The lowest BCUT2D eigenvalue weighted by molar-refractivity contribution is -0.192. The second-order valence-electron chi connectivity index (χ2n) is 22.1. The van der Waals surface area contributed by atoms with Gasteiger partial charge in [-0.15, -0.1) is 0 Å². The van der Waals surface area contributed by atoms with Crippen molar-refractivity contribution in [3.8, 4) is 0 Å². The summed E-state index contributed by atoms with van der Waals surface area (Å²) in [6, 6.07) is 11.0. The zero-order valence-corrected chi connectivity index (χ0v) is 36.4. The van der Waals surface area contributed by atoms with Gasteiger partial charge in [0.25, 0.3) is 8.40 Å². The monoisotopic (exact) mass is 719 g/mol. The van der Waals surface area contributed by atoms with E-state index in [1.165, 1.54) is 70.8 Å². The first-order valence-electron chi connectivity index (χ1n) is 22.5. The zero-order chi connectivity index (χ0) is 36.8. The molecule has 2 saturated heterocycles. The molecule has 0 amide bonds. The summed E-state index contributed by atoms with van der Waals surface area (Å²) in [6.07, 6.45) is 15.0. The van der Waals surface area contributed by atoms with Crippen molar-refractivity contribution in [2.45, 2.75) is 194 Å². The predicted octanol–water partition coefficient (Wildman–Crippen LogP) is 11.7. The Bertz CT molecular complexity index is 1560. The van der Waals surface area contributed by atoms with E-state index in [1.54, 1.807) is 33.4 Å². The molecule has 8 fully saturated rings. The molecule has 4 atom stereocenters. The molecule has 10 rings (SSSR count). The lowest BCUT2D eigenvalue weighted by Crippen LogP contribution is -3.03. The van der Waals surface area contributed by atoms with Gasteiger partial charge in [0, 0.05) is 5.54 Å². The van der Waals surface area contributed by atoms with Gasteiger partial charge < -0.3 is 0 Å². The molecule has 6 saturated carbocycles. The van der Waals surface area contributed by atoms with Crippen LogP contribution in [0.15, 0.2) is 24.3 Å². The topological polar surface area (TPSA) is 6.48 Å². The first kappa shape index (κ1) is 36.2. The van der Waals surface area contributed by atoms with E-state index in [9.17, 15) is 0 Å². The molecule has 2 aromatic carbocycles. The average Bonchev–Trinajstić information content (AvgIpc) is 3.28. The Balaban J connectivity index is 1.47. The van der Waals surface area contributed by atoms with E-state index in [2.05, 4.69) is 116 Å². The number of nitrogens with zero attached hydrogens (tertiary/aromatic N) is 2. The lowest BCUT2D eigenvalue weighted by Gasteiger charge is -2.82. The van der Waals surface area contributed by atoms with Crippen LogP contribution in [0.25, 0.3) is 0 Å². The van der Waals surface area contributed by atoms with Crippen LogP contribution in [-0.4, -0.2) is 35.3 Å². The summed E-state index contributed by atoms with van der Waals surface area (Å²) in [7, 11) is -2.76. The third-order valence-electron chi connectivity index (χ3n) is 16.6. The lowest BCUT2D eigenvalue weighted by atomic mass is 9.52. The van der Waals surface area contributed by atoms with Crippen molar-refractivity contribution >= 4 is 18.8 Å². The summed E-state index contributed by atoms with van der Waals surface area (Å²) in [5, 5.41) is 3.77. The second kappa shape index (κ2) is 12.3. The molecule has 6 aliphatic carbocycles. The number of hydrogen-bond acceptors (Lipinski definition) is 2.